The highest BCUT2D eigenvalue weighted by atomic mass is 32.2. The zero-order valence-electron chi connectivity index (χ0n) is 13.5. The van der Waals surface area contributed by atoms with E-state index >= 15 is 0 Å². The molecule has 0 aliphatic heterocycles. The average molecular weight is 344 g/mol. The molecule has 0 aromatic heterocycles. The molecular formula is C18H20N2O3S. The predicted octanol–water partition coefficient (Wildman–Crippen LogP) is 2.80. The van der Waals surface area contributed by atoms with Crippen molar-refractivity contribution in [3.05, 3.63) is 60.2 Å². The van der Waals surface area contributed by atoms with Crippen molar-refractivity contribution in [2.75, 3.05) is 31.3 Å². The van der Waals surface area contributed by atoms with Crippen molar-refractivity contribution in [3.8, 4) is 5.75 Å². The van der Waals surface area contributed by atoms with E-state index in [1.54, 1.807) is 31.4 Å². The van der Waals surface area contributed by atoms with Gasteiger partial charge >= 0.3 is 0 Å². The molecule has 5 nitrogen and oxygen atoms in total. The van der Waals surface area contributed by atoms with Crippen LogP contribution < -0.4 is 15.4 Å². The molecule has 0 fully saturated rings. The maximum absolute atomic E-state index is 11.9. The Morgan fingerprint density at radius 1 is 1.00 bits per heavy atom. The number of amides is 1. The van der Waals surface area contributed by atoms with Crippen molar-refractivity contribution in [1.29, 1.82) is 0 Å². The molecule has 1 amide bonds. The zero-order valence-corrected chi connectivity index (χ0v) is 14.3. The quantitative estimate of drug-likeness (QED) is 0.721. The highest BCUT2D eigenvalue weighted by molar-refractivity contribution is 8.14. The summed E-state index contributed by atoms with van der Waals surface area (Å²) in [5.41, 5.74) is 1.48. The Hall–Kier alpha value is -2.47. The van der Waals surface area contributed by atoms with Crippen LogP contribution in [0.5, 0.6) is 5.75 Å². The Morgan fingerprint density at radius 2 is 1.71 bits per heavy atom. The summed E-state index contributed by atoms with van der Waals surface area (Å²) in [5, 5.41) is 5.88. The van der Waals surface area contributed by atoms with E-state index < -0.39 is 0 Å². The fourth-order valence-corrected chi connectivity index (χ4v) is 2.70. The van der Waals surface area contributed by atoms with Gasteiger partial charge in [-0.05, 0) is 12.1 Å². The summed E-state index contributed by atoms with van der Waals surface area (Å²) < 4.78 is 5.24. The van der Waals surface area contributed by atoms with Gasteiger partial charge in [0.25, 0.3) is 0 Å². The maximum Gasteiger partial charge on any atom is 0.230 e. The van der Waals surface area contributed by atoms with Crippen molar-refractivity contribution in [1.82, 2.24) is 5.32 Å². The maximum atomic E-state index is 11.9. The average Bonchev–Trinajstić information content (AvgIpc) is 2.64. The van der Waals surface area contributed by atoms with Gasteiger partial charge in [-0.3, -0.25) is 9.59 Å². The van der Waals surface area contributed by atoms with E-state index in [0.717, 1.165) is 23.2 Å². The number of anilines is 1. The summed E-state index contributed by atoms with van der Waals surface area (Å²) in [6.45, 7) is 1.04. The first kappa shape index (κ1) is 17.9. The number of thioether (sulfide) groups is 1. The fourth-order valence-electron chi connectivity index (χ4n) is 2.03. The molecule has 24 heavy (non-hydrogen) atoms. The van der Waals surface area contributed by atoms with Crippen molar-refractivity contribution in [2.24, 2.45) is 0 Å². The second-order valence-corrected chi connectivity index (χ2v) is 5.87. The van der Waals surface area contributed by atoms with E-state index in [9.17, 15) is 9.59 Å². The third-order valence-electron chi connectivity index (χ3n) is 3.21. The Bertz CT molecular complexity index is 677. The lowest BCUT2D eigenvalue weighted by Gasteiger charge is -2.11. The fraction of sp³-hybridized carbons (Fsp3) is 0.222. The standard InChI is InChI=1S/C18H20N2O3S/c1-23-16-10-6-5-9-15(16)19-11-12-20-17(21)13-24-18(22)14-7-3-2-4-8-14/h2-10,19H,11-13H2,1H3,(H,20,21). The number of hydrogen-bond donors (Lipinski definition) is 2. The summed E-state index contributed by atoms with van der Waals surface area (Å²) in [6, 6.07) is 16.5. The second kappa shape index (κ2) is 9.62. The summed E-state index contributed by atoms with van der Waals surface area (Å²) >= 11 is 1.01. The minimum atomic E-state index is -0.161. The van der Waals surface area contributed by atoms with Gasteiger partial charge < -0.3 is 15.4 Å². The predicted molar refractivity (Wildman–Crippen MR) is 97.7 cm³/mol. The molecule has 0 heterocycles. The van der Waals surface area contributed by atoms with Crippen LogP contribution in [0.2, 0.25) is 0 Å². The summed E-state index contributed by atoms with van der Waals surface area (Å²) in [5.74, 6) is 0.710. The molecule has 2 aromatic rings. The van der Waals surface area contributed by atoms with Gasteiger partial charge in [-0.2, -0.15) is 0 Å². The monoisotopic (exact) mass is 344 g/mol. The highest BCUT2D eigenvalue weighted by Crippen LogP contribution is 2.22. The van der Waals surface area contributed by atoms with Crippen LogP contribution >= 0.6 is 11.8 Å². The van der Waals surface area contributed by atoms with Gasteiger partial charge in [0.2, 0.25) is 11.0 Å². The zero-order chi connectivity index (χ0) is 17.2. The highest BCUT2D eigenvalue weighted by Gasteiger charge is 2.09. The van der Waals surface area contributed by atoms with E-state index in [-0.39, 0.29) is 16.8 Å². The molecule has 2 N–H and O–H groups in total. The Labute approximate surface area is 145 Å². The van der Waals surface area contributed by atoms with Gasteiger partial charge in [0.05, 0.1) is 18.6 Å². The SMILES string of the molecule is COc1ccccc1NCCNC(=O)CSC(=O)c1ccccc1. The normalized spacial score (nSPS) is 10.0. The molecular weight excluding hydrogens is 324 g/mol. The number of carbonyl (C=O) groups is 2. The molecule has 0 bridgehead atoms. The molecule has 0 aliphatic rings. The minimum Gasteiger partial charge on any atom is -0.495 e. The molecule has 126 valence electrons. The van der Waals surface area contributed by atoms with Gasteiger partial charge in [0, 0.05) is 18.7 Å². The first-order chi connectivity index (χ1) is 11.7. The van der Waals surface area contributed by atoms with Gasteiger partial charge in [-0.25, -0.2) is 0 Å². The minimum absolute atomic E-state index is 0.0992. The molecule has 0 saturated heterocycles. The van der Waals surface area contributed by atoms with Crippen molar-refractivity contribution < 1.29 is 14.3 Å². The number of methoxy groups -OCH3 is 1. The molecule has 2 aromatic carbocycles. The third kappa shape index (κ3) is 5.62. The van der Waals surface area contributed by atoms with Crippen molar-refractivity contribution in [3.63, 3.8) is 0 Å². The third-order valence-corrected chi connectivity index (χ3v) is 4.12. The van der Waals surface area contributed by atoms with Gasteiger partial charge in [0.1, 0.15) is 5.75 Å². The van der Waals surface area contributed by atoms with Crippen LogP contribution in [0.15, 0.2) is 54.6 Å². The van der Waals surface area contributed by atoms with E-state index in [0.29, 0.717) is 18.7 Å². The second-order valence-electron chi connectivity index (χ2n) is 4.92. The molecule has 0 unspecified atom stereocenters. The van der Waals surface area contributed by atoms with Crippen LogP contribution in [0, 0.1) is 0 Å². The van der Waals surface area contributed by atoms with Gasteiger partial charge in [-0.15, -0.1) is 0 Å². The molecule has 0 saturated carbocycles. The van der Waals surface area contributed by atoms with Crippen molar-refractivity contribution >= 4 is 28.5 Å². The smallest absolute Gasteiger partial charge is 0.230 e. The number of benzene rings is 2. The van der Waals surface area contributed by atoms with Crippen LogP contribution in [0.1, 0.15) is 10.4 Å². The lowest BCUT2D eigenvalue weighted by Crippen LogP contribution is -2.30. The van der Waals surface area contributed by atoms with Crippen LogP contribution in [-0.2, 0) is 4.79 Å². The van der Waals surface area contributed by atoms with Crippen LogP contribution in [0.25, 0.3) is 0 Å². The number of nitrogens with one attached hydrogen (secondary N) is 2. The molecule has 0 radical (unpaired) electrons. The Kier molecular flexibility index (Phi) is 7.17. The summed E-state index contributed by atoms with van der Waals surface area (Å²) in [6.07, 6.45) is 0. The topological polar surface area (TPSA) is 67.4 Å². The van der Waals surface area contributed by atoms with E-state index in [4.69, 9.17) is 4.74 Å². The number of para-hydroxylation sites is 2. The molecule has 0 atom stereocenters. The van der Waals surface area contributed by atoms with Gasteiger partial charge in [0.15, 0.2) is 0 Å². The first-order valence-corrected chi connectivity index (χ1v) is 8.55. The number of rotatable bonds is 8. The van der Waals surface area contributed by atoms with Crippen molar-refractivity contribution in [2.45, 2.75) is 0 Å². The van der Waals surface area contributed by atoms with E-state index in [1.165, 1.54) is 0 Å². The van der Waals surface area contributed by atoms with E-state index in [2.05, 4.69) is 10.6 Å². The summed E-state index contributed by atoms with van der Waals surface area (Å²) in [4.78, 5) is 23.7. The van der Waals surface area contributed by atoms with Gasteiger partial charge in [-0.1, -0.05) is 54.2 Å². The molecule has 2 rings (SSSR count). The van der Waals surface area contributed by atoms with Crippen LogP contribution in [0.4, 0.5) is 5.69 Å². The molecule has 0 spiro atoms. The van der Waals surface area contributed by atoms with Crippen LogP contribution in [-0.4, -0.2) is 37.0 Å². The number of ether oxygens (including phenoxy) is 1. The lowest BCUT2D eigenvalue weighted by atomic mass is 10.2. The van der Waals surface area contributed by atoms with Crippen LogP contribution in [0.3, 0.4) is 0 Å². The number of carbonyl (C=O) groups excluding carboxylic acids is 2. The number of hydrogen-bond acceptors (Lipinski definition) is 5. The Balaban J connectivity index is 1.66. The van der Waals surface area contributed by atoms with E-state index in [1.807, 2.05) is 30.3 Å². The summed E-state index contributed by atoms with van der Waals surface area (Å²) in [7, 11) is 1.61. The Morgan fingerprint density at radius 3 is 2.46 bits per heavy atom. The largest absolute Gasteiger partial charge is 0.495 e. The first-order valence-electron chi connectivity index (χ1n) is 7.56. The molecule has 0 aliphatic carbocycles. The lowest BCUT2D eigenvalue weighted by molar-refractivity contribution is -0.118. The molecule has 6 heteroatoms.